The van der Waals surface area contributed by atoms with Crippen LogP contribution in [-0.4, -0.2) is 30.2 Å². The molecule has 2 fully saturated rings. The molecule has 0 saturated carbocycles. The molecule has 0 radical (unpaired) electrons. The number of hydrogen-bond acceptors (Lipinski definition) is 3. The van der Waals surface area contributed by atoms with Crippen molar-refractivity contribution in [3.05, 3.63) is 35.4 Å². The van der Waals surface area contributed by atoms with E-state index in [9.17, 15) is 8.78 Å². The molecule has 2 aliphatic heterocycles. The standard InChI is InChI=1S/C14H17F2NOS/c15-11-2-1-9(7-12(11)16)14-13(3-5-18-14)17-10-4-6-19-8-10/h1-2,7,10,13-14,17H,3-6,8H2/t10-,13+,14-/m0/s1. The topological polar surface area (TPSA) is 21.3 Å². The molecule has 0 spiro atoms. The first-order chi connectivity index (χ1) is 9.24. The predicted molar refractivity (Wildman–Crippen MR) is 72.3 cm³/mol. The van der Waals surface area contributed by atoms with Crippen molar-refractivity contribution in [2.45, 2.75) is 31.0 Å². The molecule has 2 heterocycles. The summed E-state index contributed by atoms with van der Waals surface area (Å²) < 4.78 is 32.0. The van der Waals surface area contributed by atoms with E-state index in [2.05, 4.69) is 5.32 Å². The van der Waals surface area contributed by atoms with Crippen LogP contribution in [0.25, 0.3) is 0 Å². The lowest BCUT2D eigenvalue weighted by Crippen LogP contribution is -2.40. The molecule has 2 saturated heterocycles. The summed E-state index contributed by atoms with van der Waals surface area (Å²) in [6, 6.07) is 4.77. The average molecular weight is 285 g/mol. The summed E-state index contributed by atoms with van der Waals surface area (Å²) in [6.45, 7) is 0.668. The quantitative estimate of drug-likeness (QED) is 0.922. The normalized spacial score (nSPS) is 30.9. The number of thioether (sulfide) groups is 1. The molecule has 19 heavy (non-hydrogen) atoms. The van der Waals surface area contributed by atoms with Gasteiger partial charge in [0, 0.05) is 24.4 Å². The summed E-state index contributed by atoms with van der Waals surface area (Å²) in [5, 5.41) is 3.60. The van der Waals surface area contributed by atoms with Gasteiger partial charge in [0.15, 0.2) is 11.6 Å². The Bertz CT molecular complexity index is 451. The molecule has 1 aromatic rings. The van der Waals surface area contributed by atoms with E-state index in [1.54, 1.807) is 6.07 Å². The first-order valence-electron chi connectivity index (χ1n) is 6.64. The van der Waals surface area contributed by atoms with Gasteiger partial charge in [0.1, 0.15) is 0 Å². The third-order valence-electron chi connectivity index (χ3n) is 3.74. The maximum atomic E-state index is 13.3. The highest BCUT2D eigenvalue weighted by Crippen LogP contribution is 2.31. The highest BCUT2D eigenvalue weighted by molar-refractivity contribution is 7.99. The van der Waals surface area contributed by atoms with Gasteiger partial charge in [-0.05, 0) is 36.3 Å². The summed E-state index contributed by atoms with van der Waals surface area (Å²) >= 11 is 1.95. The molecule has 0 bridgehead atoms. The molecule has 3 atom stereocenters. The molecule has 0 aliphatic carbocycles. The molecule has 2 aliphatic rings. The van der Waals surface area contributed by atoms with Gasteiger partial charge in [-0.3, -0.25) is 0 Å². The highest BCUT2D eigenvalue weighted by Gasteiger charge is 2.32. The fraction of sp³-hybridized carbons (Fsp3) is 0.571. The number of rotatable bonds is 3. The van der Waals surface area contributed by atoms with Crippen molar-refractivity contribution in [2.24, 2.45) is 0 Å². The zero-order valence-corrected chi connectivity index (χ0v) is 11.4. The van der Waals surface area contributed by atoms with Gasteiger partial charge in [0.05, 0.1) is 6.10 Å². The molecule has 5 heteroatoms. The smallest absolute Gasteiger partial charge is 0.159 e. The van der Waals surface area contributed by atoms with Gasteiger partial charge in [-0.1, -0.05) is 6.07 Å². The fourth-order valence-electron chi connectivity index (χ4n) is 2.75. The highest BCUT2D eigenvalue weighted by atomic mass is 32.2. The zero-order chi connectivity index (χ0) is 13.2. The number of halogens is 2. The number of ether oxygens (including phenoxy) is 1. The Hall–Kier alpha value is -0.650. The van der Waals surface area contributed by atoms with E-state index in [0.29, 0.717) is 12.6 Å². The molecule has 0 aromatic heterocycles. The Morgan fingerprint density at radius 2 is 2.11 bits per heavy atom. The van der Waals surface area contributed by atoms with Crippen LogP contribution in [-0.2, 0) is 4.74 Å². The number of hydrogen-bond donors (Lipinski definition) is 1. The van der Waals surface area contributed by atoms with Gasteiger partial charge in [0.25, 0.3) is 0 Å². The minimum absolute atomic E-state index is 0.166. The summed E-state index contributed by atoms with van der Waals surface area (Å²) in [4.78, 5) is 0. The van der Waals surface area contributed by atoms with Crippen molar-refractivity contribution in [3.63, 3.8) is 0 Å². The monoisotopic (exact) mass is 285 g/mol. The van der Waals surface area contributed by atoms with E-state index in [-0.39, 0.29) is 12.1 Å². The van der Waals surface area contributed by atoms with Gasteiger partial charge in [-0.15, -0.1) is 0 Å². The molecule has 1 aromatic carbocycles. The van der Waals surface area contributed by atoms with Crippen LogP contribution < -0.4 is 5.32 Å². The van der Waals surface area contributed by atoms with Crippen LogP contribution in [0.4, 0.5) is 8.78 Å². The first-order valence-corrected chi connectivity index (χ1v) is 7.80. The van der Waals surface area contributed by atoms with E-state index < -0.39 is 11.6 Å². The van der Waals surface area contributed by atoms with Crippen molar-refractivity contribution in [3.8, 4) is 0 Å². The molecular weight excluding hydrogens is 268 g/mol. The average Bonchev–Trinajstić information content (AvgIpc) is 3.05. The molecule has 104 valence electrons. The number of nitrogens with one attached hydrogen (secondary N) is 1. The summed E-state index contributed by atoms with van der Waals surface area (Å²) in [6.07, 6.45) is 1.93. The second-order valence-electron chi connectivity index (χ2n) is 5.09. The van der Waals surface area contributed by atoms with Crippen molar-refractivity contribution in [1.82, 2.24) is 5.32 Å². The largest absolute Gasteiger partial charge is 0.372 e. The van der Waals surface area contributed by atoms with Crippen molar-refractivity contribution in [2.75, 3.05) is 18.1 Å². The van der Waals surface area contributed by atoms with Crippen molar-refractivity contribution >= 4 is 11.8 Å². The predicted octanol–water partition coefficient (Wildman–Crippen LogP) is 2.89. The fourth-order valence-corrected chi connectivity index (χ4v) is 3.91. The van der Waals surface area contributed by atoms with Gasteiger partial charge < -0.3 is 10.1 Å². The third kappa shape index (κ3) is 2.93. The van der Waals surface area contributed by atoms with Crippen LogP contribution in [0.3, 0.4) is 0 Å². The maximum absolute atomic E-state index is 13.3. The Kier molecular flexibility index (Phi) is 4.05. The lowest BCUT2D eigenvalue weighted by molar-refractivity contribution is 0.0966. The summed E-state index contributed by atoms with van der Waals surface area (Å²) in [7, 11) is 0. The van der Waals surface area contributed by atoms with Crippen LogP contribution in [0.2, 0.25) is 0 Å². The Balaban J connectivity index is 1.72. The van der Waals surface area contributed by atoms with Crippen LogP contribution in [0.1, 0.15) is 24.5 Å². The maximum Gasteiger partial charge on any atom is 0.159 e. The second-order valence-corrected chi connectivity index (χ2v) is 6.24. The van der Waals surface area contributed by atoms with Gasteiger partial charge >= 0.3 is 0 Å². The van der Waals surface area contributed by atoms with Crippen LogP contribution in [0.15, 0.2) is 18.2 Å². The van der Waals surface area contributed by atoms with Gasteiger partial charge in [-0.25, -0.2) is 8.78 Å². The zero-order valence-electron chi connectivity index (χ0n) is 10.6. The van der Waals surface area contributed by atoms with Gasteiger partial charge in [-0.2, -0.15) is 11.8 Å². The molecule has 0 amide bonds. The van der Waals surface area contributed by atoms with Gasteiger partial charge in [0.2, 0.25) is 0 Å². The SMILES string of the molecule is Fc1ccc([C@@H]2OCC[C@H]2N[C@H]2CCSC2)cc1F. The minimum Gasteiger partial charge on any atom is -0.372 e. The van der Waals surface area contributed by atoms with E-state index in [4.69, 9.17) is 4.74 Å². The molecule has 0 unspecified atom stereocenters. The second kappa shape index (κ2) is 5.77. The van der Waals surface area contributed by atoms with E-state index in [0.717, 1.165) is 17.7 Å². The van der Waals surface area contributed by atoms with Crippen LogP contribution in [0, 0.1) is 11.6 Å². The van der Waals surface area contributed by atoms with E-state index >= 15 is 0 Å². The molecular formula is C14H17F2NOS. The van der Waals surface area contributed by atoms with E-state index in [1.165, 1.54) is 24.3 Å². The lowest BCUT2D eigenvalue weighted by Gasteiger charge is -2.23. The Labute approximate surface area is 115 Å². The third-order valence-corrected chi connectivity index (χ3v) is 4.91. The minimum atomic E-state index is -0.807. The Morgan fingerprint density at radius 1 is 1.21 bits per heavy atom. The number of benzene rings is 1. The lowest BCUT2D eigenvalue weighted by atomic mass is 10.0. The molecule has 1 N–H and O–H groups in total. The van der Waals surface area contributed by atoms with Crippen LogP contribution in [0.5, 0.6) is 0 Å². The Morgan fingerprint density at radius 3 is 2.84 bits per heavy atom. The molecule has 3 rings (SSSR count). The van der Waals surface area contributed by atoms with Crippen LogP contribution >= 0.6 is 11.8 Å². The summed E-state index contributed by atoms with van der Waals surface area (Å²) in [5.41, 5.74) is 0.722. The van der Waals surface area contributed by atoms with Crippen molar-refractivity contribution < 1.29 is 13.5 Å². The van der Waals surface area contributed by atoms with Crippen molar-refractivity contribution in [1.29, 1.82) is 0 Å². The molecule has 2 nitrogen and oxygen atoms in total. The van der Waals surface area contributed by atoms with E-state index in [1.807, 2.05) is 11.8 Å². The first kappa shape index (κ1) is 13.3. The summed E-state index contributed by atoms with van der Waals surface area (Å²) in [5.74, 6) is 0.712.